The number of methoxy groups -OCH3 is 2. The van der Waals surface area contributed by atoms with E-state index in [0.717, 1.165) is 5.69 Å². The maximum atomic E-state index is 12.5. The zero-order valence-electron chi connectivity index (χ0n) is 16.4. The zero-order valence-corrected chi connectivity index (χ0v) is 18.0. The van der Waals surface area contributed by atoms with E-state index in [1.54, 1.807) is 24.3 Å². The first-order valence-corrected chi connectivity index (χ1v) is 10.3. The number of benzene rings is 2. The summed E-state index contributed by atoms with van der Waals surface area (Å²) in [5, 5.41) is 7.09. The fourth-order valence-electron chi connectivity index (χ4n) is 2.69. The van der Waals surface area contributed by atoms with E-state index < -0.39 is 0 Å². The molecule has 7 nitrogen and oxygen atoms in total. The normalized spacial score (nSPS) is 12.5. The number of hydrogen-bond acceptors (Lipinski definition) is 7. The molecule has 0 unspecified atom stereocenters. The van der Waals surface area contributed by atoms with Crippen LogP contribution in [-0.4, -0.2) is 36.9 Å². The van der Waals surface area contributed by atoms with Crippen LogP contribution in [0.1, 0.15) is 6.42 Å². The maximum absolute atomic E-state index is 12.5. The summed E-state index contributed by atoms with van der Waals surface area (Å²) in [7, 11) is 2.86. The maximum Gasteiger partial charge on any atom is 0.311 e. The van der Waals surface area contributed by atoms with Gasteiger partial charge in [-0.15, -0.1) is 0 Å². The standard InChI is InChI=1S/C21H20ClN3O4S/c1-28-18-8-7-13(22)9-17(18)24-19(26)12-30-20-10-14(11-21(27)29-2)23-15-5-3-4-6-16(15)25-20/h3-10,23H,11-12H2,1-2H3,(H,24,26). The van der Waals surface area contributed by atoms with Crippen LogP contribution < -0.4 is 15.4 Å². The van der Waals surface area contributed by atoms with Gasteiger partial charge in [0.1, 0.15) is 5.75 Å². The largest absolute Gasteiger partial charge is 0.495 e. The summed E-state index contributed by atoms with van der Waals surface area (Å²) in [6, 6.07) is 12.5. The summed E-state index contributed by atoms with van der Waals surface area (Å²) in [5.74, 6) is 0.0153. The Balaban J connectivity index is 1.74. The van der Waals surface area contributed by atoms with Crippen molar-refractivity contribution in [2.75, 3.05) is 30.6 Å². The number of hydrogen-bond donors (Lipinski definition) is 2. The lowest BCUT2D eigenvalue weighted by atomic mass is 10.2. The van der Waals surface area contributed by atoms with Crippen LogP contribution in [0.3, 0.4) is 0 Å². The molecular formula is C21H20ClN3O4S. The molecule has 0 radical (unpaired) electrons. The lowest BCUT2D eigenvalue weighted by Gasteiger charge is -2.10. The molecule has 1 amide bonds. The summed E-state index contributed by atoms with van der Waals surface area (Å²) in [5.41, 5.74) is 2.62. The van der Waals surface area contributed by atoms with Crippen LogP contribution in [-0.2, 0) is 14.3 Å². The molecule has 0 aliphatic carbocycles. The molecule has 1 aliphatic heterocycles. The van der Waals surface area contributed by atoms with Crippen molar-refractivity contribution < 1.29 is 19.1 Å². The Morgan fingerprint density at radius 3 is 2.77 bits per heavy atom. The van der Waals surface area contributed by atoms with Gasteiger partial charge in [-0.1, -0.05) is 35.5 Å². The lowest BCUT2D eigenvalue weighted by molar-refractivity contribution is -0.139. The second kappa shape index (κ2) is 10.2. The van der Waals surface area contributed by atoms with Gasteiger partial charge in [0.2, 0.25) is 5.91 Å². The average Bonchev–Trinajstić information content (AvgIpc) is 2.90. The van der Waals surface area contributed by atoms with E-state index in [2.05, 4.69) is 15.6 Å². The Morgan fingerprint density at radius 1 is 1.20 bits per heavy atom. The van der Waals surface area contributed by atoms with E-state index in [0.29, 0.717) is 32.9 Å². The van der Waals surface area contributed by atoms with Crippen molar-refractivity contribution in [2.45, 2.75) is 6.42 Å². The third kappa shape index (κ3) is 5.77. The van der Waals surface area contributed by atoms with Crippen LogP contribution >= 0.6 is 23.4 Å². The summed E-state index contributed by atoms with van der Waals surface area (Å²) in [6.07, 6.45) is 1.81. The molecule has 1 aliphatic rings. The number of carbonyl (C=O) groups excluding carboxylic acids is 2. The lowest BCUT2D eigenvalue weighted by Crippen LogP contribution is -2.16. The molecule has 2 aromatic rings. The molecule has 2 aromatic carbocycles. The fourth-order valence-corrected chi connectivity index (χ4v) is 3.60. The number of fused-ring (bicyclic) bond motifs is 1. The van der Waals surface area contributed by atoms with Gasteiger partial charge in [0.15, 0.2) is 0 Å². The Hall–Kier alpha value is -2.97. The summed E-state index contributed by atoms with van der Waals surface area (Å²) < 4.78 is 10.0. The minimum Gasteiger partial charge on any atom is -0.495 e. The van der Waals surface area contributed by atoms with Crippen molar-refractivity contribution in [1.29, 1.82) is 0 Å². The topological polar surface area (TPSA) is 89.0 Å². The van der Waals surface area contributed by atoms with Crippen LogP contribution in [0.4, 0.5) is 17.1 Å². The smallest absolute Gasteiger partial charge is 0.311 e. The van der Waals surface area contributed by atoms with Gasteiger partial charge >= 0.3 is 5.97 Å². The number of nitrogens with one attached hydrogen (secondary N) is 2. The Labute approximate surface area is 183 Å². The van der Waals surface area contributed by atoms with Crippen molar-refractivity contribution in [3.05, 3.63) is 59.3 Å². The molecule has 0 bridgehead atoms. The van der Waals surface area contributed by atoms with Crippen LogP contribution in [0.5, 0.6) is 5.75 Å². The molecule has 0 atom stereocenters. The second-order valence-electron chi connectivity index (χ2n) is 6.20. The van der Waals surface area contributed by atoms with Gasteiger partial charge in [0.05, 0.1) is 48.5 Å². The fraction of sp³-hybridized carbons (Fsp3) is 0.190. The Kier molecular flexibility index (Phi) is 7.37. The molecule has 2 N–H and O–H groups in total. The molecule has 3 rings (SSSR count). The molecule has 0 saturated carbocycles. The first-order chi connectivity index (χ1) is 14.5. The van der Waals surface area contributed by atoms with Crippen molar-refractivity contribution in [3.63, 3.8) is 0 Å². The van der Waals surface area contributed by atoms with Crippen LogP contribution in [0.25, 0.3) is 0 Å². The molecule has 0 aromatic heterocycles. The number of amides is 1. The minimum absolute atomic E-state index is 0.0658. The molecule has 156 valence electrons. The number of halogens is 1. The van der Waals surface area contributed by atoms with Crippen molar-refractivity contribution in [3.8, 4) is 5.75 Å². The molecular weight excluding hydrogens is 426 g/mol. The van der Waals surface area contributed by atoms with Crippen molar-refractivity contribution in [2.24, 2.45) is 4.99 Å². The molecule has 0 spiro atoms. The quantitative estimate of drug-likeness (QED) is 0.630. The molecule has 30 heavy (non-hydrogen) atoms. The summed E-state index contributed by atoms with van der Waals surface area (Å²) in [6.45, 7) is 0. The number of thioether (sulfide) groups is 1. The second-order valence-corrected chi connectivity index (χ2v) is 7.63. The molecule has 9 heteroatoms. The van der Waals surface area contributed by atoms with Gasteiger partial charge in [-0.3, -0.25) is 9.59 Å². The number of rotatable bonds is 6. The highest BCUT2D eigenvalue weighted by molar-refractivity contribution is 8.14. The molecule has 0 saturated heterocycles. The zero-order chi connectivity index (χ0) is 21.5. The van der Waals surface area contributed by atoms with Gasteiger partial charge < -0.3 is 20.1 Å². The number of para-hydroxylation sites is 2. The first-order valence-electron chi connectivity index (χ1n) is 8.97. The van der Waals surface area contributed by atoms with E-state index in [1.165, 1.54) is 26.0 Å². The van der Waals surface area contributed by atoms with Gasteiger partial charge in [-0.25, -0.2) is 4.99 Å². The van der Waals surface area contributed by atoms with E-state index in [-0.39, 0.29) is 24.1 Å². The van der Waals surface area contributed by atoms with Crippen LogP contribution in [0.2, 0.25) is 5.02 Å². The Bertz CT molecular complexity index is 1020. The number of carbonyl (C=O) groups is 2. The third-order valence-electron chi connectivity index (χ3n) is 4.08. The predicted octanol–water partition coefficient (Wildman–Crippen LogP) is 4.62. The van der Waals surface area contributed by atoms with Crippen LogP contribution in [0, 0.1) is 0 Å². The highest BCUT2D eigenvalue weighted by Crippen LogP contribution is 2.31. The van der Waals surface area contributed by atoms with Gasteiger partial charge in [0.25, 0.3) is 0 Å². The number of esters is 1. The van der Waals surface area contributed by atoms with E-state index in [4.69, 9.17) is 21.1 Å². The number of ether oxygens (including phenoxy) is 2. The predicted molar refractivity (Wildman–Crippen MR) is 121 cm³/mol. The summed E-state index contributed by atoms with van der Waals surface area (Å²) in [4.78, 5) is 28.8. The van der Waals surface area contributed by atoms with Crippen LogP contribution in [0.15, 0.2) is 59.2 Å². The SMILES string of the molecule is COC(=O)CC1=CC(SCC(=O)Nc2cc(Cl)ccc2OC)=Nc2ccccc2N1. The van der Waals surface area contributed by atoms with Crippen molar-refractivity contribution in [1.82, 2.24) is 0 Å². The van der Waals surface area contributed by atoms with Crippen molar-refractivity contribution >= 4 is 57.3 Å². The van der Waals surface area contributed by atoms with Gasteiger partial charge in [0, 0.05) is 10.7 Å². The number of aliphatic imine (C=N–C) groups is 1. The highest BCUT2D eigenvalue weighted by atomic mass is 35.5. The van der Waals surface area contributed by atoms with Gasteiger partial charge in [-0.05, 0) is 36.4 Å². The Morgan fingerprint density at radius 2 is 2.00 bits per heavy atom. The highest BCUT2D eigenvalue weighted by Gasteiger charge is 2.16. The number of anilines is 2. The van der Waals surface area contributed by atoms with E-state index >= 15 is 0 Å². The molecule has 0 fully saturated rings. The van der Waals surface area contributed by atoms with Gasteiger partial charge in [-0.2, -0.15) is 0 Å². The third-order valence-corrected chi connectivity index (χ3v) is 5.22. The minimum atomic E-state index is -0.372. The monoisotopic (exact) mass is 445 g/mol. The summed E-state index contributed by atoms with van der Waals surface area (Å²) >= 11 is 7.26. The molecule has 1 heterocycles. The average molecular weight is 446 g/mol. The first kappa shape index (κ1) is 21.7. The number of nitrogens with zero attached hydrogens (tertiary/aromatic N) is 1. The van der Waals surface area contributed by atoms with E-state index in [1.807, 2.05) is 24.3 Å². The van der Waals surface area contributed by atoms with E-state index in [9.17, 15) is 9.59 Å².